The van der Waals surface area contributed by atoms with E-state index in [0.717, 1.165) is 11.1 Å². The Morgan fingerprint density at radius 3 is 2.04 bits per heavy atom. The van der Waals surface area contributed by atoms with E-state index in [1.165, 1.54) is 11.1 Å². The van der Waals surface area contributed by atoms with Gasteiger partial charge in [-0.3, -0.25) is 0 Å². The van der Waals surface area contributed by atoms with Gasteiger partial charge >= 0.3 is 18.3 Å². The number of benzene rings is 1. The van der Waals surface area contributed by atoms with Crippen molar-refractivity contribution in [1.29, 1.82) is 0 Å². The van der Waals surface area contributed by atoms with Crippen LogP contribution in [-0.4, -0.2) is 72.2 Å². The number of carbonyl (C=O) groups is 3. The smallest absolute Gasteiger partial charge is 0.425 e. The second kappa shape index (κ2) is 13.4. The third kappa shape index (κ3) is 8.73. The fourth-order valence-corrected chi connectivity index (χ4v) is 5.18. The molecule has 1 unspecified atom stereocenters. The van der Waals surface area contributed by atoms with Crippen molar-refractivity contribution in [2.45, 2.75) is 91.3 Å². The lowest BCUT2D eigenvalue weighted by Crippen LogP contribution is -2.48. The molecule has 3 amide bonds. The van der Waals surface area contributed by atoms with Crippen LogP contribution in [0.25, 0.3) is 28.6 Å². The van der Waals surface area contributed by atoms with Gasteiger partial charge in [0.1, 0.15) is 11.2 Å². The number of ether oxygens (including phenoxy) is 2. The minimum absolute atomic E-state index is 0.0658. The highest BCUT2D eigenvalue weighted by Crippen LogP contribution is 2.38. The number of carbonyl (C=O) groups excluding carboxylic acids is 2. The van der Waals surface area contributed by atoms with E-state index in [-0.39, 0.29) is 41.3 Å². The van der Waals surface area contributed by atoms with Crippen LogP contribution in [0.1, 0.15) is 80.0 Å². The van der Waals surface area contributed by atoms with E-state index in [4.69, 9.17) is 18.9 Å². The molecule has 1 N–H and O–H groups in total. The first kappa shape index (κ1) is 35.5. The van der Waals surface area contributed by atoms with E-state index in [1.54, 1.807) is 47.6 Å². The Morgan fingerprint density at radius 2 is 1.53 bits per heavy atom. The molecule has 4 rings (SSSR count). The highest BCUT2D eigenvalue weighted by Gasteiger charge is 2.39. The predicted molar refractivity (Wildman–Crippen MR) is 179 cm³/mol. The summed E-state index contributed by atoms with van der Waals surface area (Å²) in [6.07, 6.45) is 0.437. The molecule has 1 atom stereocenters. The van der Waals surface area contributed by atoms with Gasteiger partial charge in [-0.05, 0) is 76.6 Å². The number of carboxylic acid groups (broad SMARTS) is 1. The summed E-state index contributed by atoms with van der Waals surface area (Å²) in [5, 5.41) is 19.0. The molecule has 252 valence electrons. The van der Waals surface area contributed by atoms with Crippen LogP contribution in [-0.2, 0) is 14.8 Å². The first-order chi connectivity index (χ1) is 21.8. The number of hydrogen-bond acceptors (Lipinski definition) is 10. The molecule has 1 aromatic carbocycles. The molecule has 0 spiro atoms. The lowest BCUT2D eigenvalue weighted by atomic mass is 9.79. The molecule has 3 heterocycles. The van der Waals surface area contributed by atoms with Gasteiger partial charge in [0.15, 0.2) is 11.5 Å². The molecule has 0 radical (unpaired) electrons. The Hall–Kier alpha value is -4.33. The van der Waals surface area contributed by atoms with Crippen LogP contribution in [0.4, 0.5) is 20.2 Å². The number of halogens is 1. The Labute approximate surface area is 282 Å². The van der Waals surface area contributed by atoms with E-state index >= 15 is 0 Å². The van der Waals surface area contributed by atoms with Gasteiger partial charge in [0.2, 0.25) is 5.89 Å². The summed E-state index contributed by atoms with van der Waals surface area (Å²) in [6, 6.07) is 7.13. The highest BCUT2D eigenvalue weighted by atomic mass is 79.9. The third-order valence-electron chi connectivity index (χ3n) is 7.00. The average molecular weight is 714 g/mol. The Bertz CT molecular complexity index is 1640. The molecular formula is C33H41BrN6O7. The third-order valence-corrected chi connectivity index (χ3v) is 7.65. The number of imide groups is 1. The lowest BCUT2D eigenvalue weighted by Gasteiger charge is -2.41. The van der Waals surface area contributed by atoms with Crippen LogP contribution in [0, 0.1) is 5.41 Å². The number of amides is 3. The molecule has 0 saturated carbocycles. The van der Waals surface area contributed by atoms with Gasteiger partial charge in [0.25, 0.3) is 5.89 Å². The number of alkyl halides is 1. The minimum atomic E-state index is -1.04. The summed E-state index contributed by atoms with van der Waals surface area (Å²) >= 11 is 3.43. The largest absolute Gasteiger partial charge is 0.465 e. The van der Waals surface area contributed by atoms with Gasteiger partial charge < -0.3 is 23.9 Å². The van der Waals surface area contributed by atoms with Crippen LogP contribution < -0.4 is 4.90 Å². The van der Waals surface area contributed by atoms with Gasteiger partial charge in [0.05, 0.1) is 11.9 Å². The van der Waals surface area contributed by atoms with Gasteiger partial charge in [0, 0.05) is 23.5 Å². The summed E-state index contributed by atoms with van der Waals surface area (Å²) in [5.41, 5.74) is 0.436. The van der Waals surface area contributed by atoms with Crippen molar-refractivity contribution < 1.29 is 33.4 Å². The van der Waals surface area contributed by atoms with Gasteiger partial charge in [-0.1, -0.05) is 54.9 Å². The number of aromatic nitrogens is 4. The van der Waals surface area contributed by atoms with E-state index in [2.05, 4.69) is 31.1 Å². The van der Waals surface area contributed by atoms with Gasteiger partial charge in [-0.25, -0.2) is 24.4 Å². The quantitative estimate of drug-likeness (QED) is 0.256. The second-order valence-corrected chi connectivity index (χ2v) is 14.8. The summed E-state index contributed by atoms with van der Waals surface area (Å²) in [4.78, 5) is 50.6. The van der Waals surface area contributed by atoms with Crippen LogP contribution >= 0.6 is 15.9 Å². The molecule has 2 aromatic heterocycles. The van der Waals surface area contributed by atoms with Crippen molar-refractivity contribution in [1.82, 2.24) is 25.1 Å². The van der Waals surface area contributed by atoms with E-state index < -0.39 is 29.5 Å². The first-order valence-electron chi connectivity index (χ1n) is 15.1. The summed E-state index contributed by atoms with van der Waals surface area (Å²) in [7, 11) is 0. The molecular weight excluding hydrogens is 672 g/mol. The lowest BCUT2D eigenvalue weighted by molar-refractivity contribution is 0.0428. The fourth-order valence-electron chi connectivity index (χ4n) is 4.81. The molecule has 0 bridgehead atoms. The zero-order chi connectivity index (χ0) is 34.9. The van der Waals surface area contributed by atoms with Crippen LogP contribution in [0.2, 0.25) is 0 Å². The molecule has 14 heteroatoms. The molecule has 0 aliphatic carbocycles. The predicted octanol–water partition coefficient (Wildman–Crippen LogP) is 7.95. The first-order valence-corrected chi connectivity index (χ1v) is 16.2. The molecule has 1 aliphatic heterocycles. The van der Waals surface area contributed by atoms with Crippen molar-refractivity contribution in [3.8, 4) is 23.0 Å². The number of nitrogens with zero attached hydrogens (tertiary/aromatic N) is 6. The maximum Gasteiger partial charge on any atom is 0.425 e. The van der Waals surface area contributed by atoms with Crippen molar-refractivity contribution in [3.05, 3.63) is 47.8 Å². The summed E-state index contributed by atoms with van der Waals surface area (Å²) < 4.78 is 17.2. The van der Waals surface area contributed by atoms with E-state index in [1.807, 2.05) is 45.0 Å². The summed E-state index contributed by atoms with van der Waals surface area (Å²) in [6.45, 7) is 16.1. The van der Waals surface area contributed by atoms with Crippen LogP contribution in [0.5, 0.6) is 0 Å². The molecule has 13 nitrogen and oxygen atoms in total. The molecule has 1 aliphatic rings. The monoisotopic (exact) mass is 712 g/mol. The van der Waals surface area contributed by atoms with E-state index in [0.29, 0.717) is 27.9 Å². The van der Waals surface area contributed by atoms with Crippen LogP contribution in [0.3, 0.4) is 0 Å². The van der Waals surface area contributed by atoms with Crippen molar-refractivity contribution in [2.75, 3.05) is 11.4 Å². The normalized spacial score (nSPS) is 15.6. The van der Waals surface area contributed by atoms with Crippen molar-refractivity contribution in [3.63, 3.8) is 0 Å². The maximum atomic E-state index is 13.6. The second-order valence-electron chi connectivity index (χ2n) is 14.2. The minimum Gasteiger partial charge on any atom is -0.465 e. The fraction of sp³-hybridized carbons (Fsp3) is 0.485. The number of anilines is 1. The maximum absolute atomic E-state index is 13.6. The Balaban J connectivity index is 1.89. The Morgan fingerprint density at radius 1 is 0.957 bits per heavy atom. The zero-order valence-electron chi connectivity index (χ0n) is 28.1. The standard InChI is InChI=1S/C33H41BrN6O7/c1-31(2,3)23-16-21(14-15-39(23)28(41)42)22-18-35-25(40(29(43)46-32(4,5)6)30(44)47-33(7,8)9)24(36-22)27-38-37-26(45-27)20-12-10-19(17-34)11-13-20/h10-14,18,23H,15-17H2,1-9H3,(H,41,42). The number of rotatable bonds is 5. The SMILES string of the molecule is CC(C)(C)OC(=O)N(C(=O)OC(C)(C)C)c1ncc(C2=CCN(C(=O)O)C(C(C)(C)C)C2)nc1-c1nnc(-c2ccc(CBr)cc2)o1. The molecule has 0 saturated heterocycles. The van der Waals surface area contributed by atoms with Gasteiger partial charge in [-0.15, -0.1) is 10.2 Å². The van der Waals surface area contributed by atoms with Crippen LogP contribution in [0.15, 0.2) is 41.0 Å². The zero-order valence-corrected chi connectivity index (χ0v) is 29.7. The average Bonchev–Trinajstić information content (AvgIpc) is 3.45. The van der Waals surface area contributed by atoms with E-state index in [9.17, 15) is 19.5 Å². The Kier molecular flexibility index (Phi) is 10.1. The van der Waals surface area contributed by atoms with Gasteiger partial charge in [-0.2, -0.15) is 4.90 Å². The summed E-state index contributed by atoms with van der Waals surface area (Å²) in [5.74, 6) is -0.165. The number of hydrogen-bond donors (Lipinski definition) is 1. The molecule has 3 aromatic rings. The molecule has 0 fully saturated rings. The van der Waals surface area contributed by atoms with Crippen molar-refractivity contribution >= 4 is 45.6 Å². The topological polar surface area (TPSA) is 161 Å². The highest BCUT2D eigenvalue weighted by molar-refractivity contribution is 9.08. The van der Waals surface area contributed by atoms with Crippen molar-refractivity contribution in [2.24, 2.45) is 5.41 Å². The molecule has 47 heavy (non-hydrogen) atoms.